The van der Waals surface area contributed by atoms with Gasteiger partial charge in [0, 0.05) is 26.3 Å². The molecule has 0 aromatic rings. The van der Waals surface area contributed by atoms with Gasteiger partial charge in [-0.2, -0.15) is 0 Å². The lowest BCUT2D eigenvalue weighted by molar-refractivity contribution is -0.0461. The summed E-state index contributed by atoms with van der Waals surface area (Å²) in [7, 11) is 1.63. The number of ether oxygens (including phenoxy) is 2. The van der Waals surface area contributed by atoms with Crippen LogP contribution in [0, 0.1) is 5.92 Å². The number of aliphatic hydroxyl groups excluding tert-OH is 2. The van der Waals surface area contributed by atoms with Crippen LogP contribution >= 0.6 is 0 Å². The SMILES string of the molecule is COCC(CCO)NCC(O)COC1CCCCC1C. The van der Waals surface area contributed by atoms with E-state index in [1.807, 2.05) is 0 Å². The number of hydrogen-bond donors (Lipinski definition) is 3. The van der Waals surface area contributed by atoms with Crippen LogP contribution in [0.1, 0.15) is 39.0 Å². The third-order valence-electron chi connectivity index (χ3n) is 4.02. The highest BCUT2D eigenvalue weighted by atomic mass is 16.5. The molecule has 120 valence electrons. The fraction of sp³-hybridized carbons (Fsp3) is 1.00. The highest BCUT2D eigenvalue weighted by Gasteiger charge is 2.22. The Hall–Kier alpha value is -0.200. The second kappa shape index (κ2) is 10.5. The van der Waals surface area contributed by atoms with E-state index in [-0.39, 0.29) is 12.6 Å². The van der Waals surface area contributed by atoms with Crippen molar-refractivity contribution in [3.8, 4) is 0 Å². The third-order valence-corrected chi connectivity index (χ3v) is 4.02. The van der Waals surface area contributed by atoms with Crippen molar-refractivity contribution in [3.05, 3.63) is 0 Å². The molecule has 0 heterocycles. The summed E-state index contributed by atoms with van der Waals surface area (Å²) >= 11 is 0. The quantitative estimate of drug-likeness (QED) is 0.558. The van der Waals surface area contributed by atoms with Gasteiger partial charge in [-0.3, -0.25) is 0 Å². The molecule has 1 rings (SSSR count). The molecule has 0 radical (unpaired) electrons. The van der Waals surface area contributed by atoms with E-state index in [0.717, 1.165) is 6.42 Å². The molecule has 20 heavy (non-hydrogen) atoms. The summed E-state index contributed by atoms with van der Waals surface area (Å²) in [5.74, 6) is 0.597. The van der Waals surface area contributed by atoms with E-state index in [2.05, 4.69) is 12.2 Å². The van der Waals surface area contributed by atoms with Crippen LogP contribution in [0.3, 0.4) is 0 Å². The molecule has 0 aromatic carbocycles. The van der Waals surface area contributed by atoms with Gasteiger partial charge in [0.25, 0.3) is 0 Å². The van der Waals surface area contributed by atoms with Crippen molar-refractivity contribution in [1.29, 1.82) is 0 Å². The average molecular weight is 289 g/mol. The topological polar surface area (TPSA) is 71.0 Å². The van der Waals surface area contributed by atoms with Crippen LogP contribution in [0.5, 0.6) is 0 Å². The van der Waals surface area contributed by atoms with Crippen LogP contribution < -0.4 is 5.32 Å². The predicted molar refractivity (Wildman–Crippen MR) is 78.7 cm³/mol. The molecular formula is C15H31NO4. The van der Waals surface area contributed by atoms with Gasteiger partial charge in [-0.25, -0.2) is 0 Å². The summed E-state index contributed by atoms with van der Waals surface area (Å²) in [6.07, 6.45) is 5.28. The summed E-state index contributed by atoms with van der Waals surface area (Å²) in [5, 5.41) is 22.1. The van der Waals surface area contributed by atoms with Crippen LogP contribution in [0.2, 0.25) is 0 Å². The van der Waals surface area contributed by atoms with Crippen molar-refractivity contribution < 1.29 is 19.7 Å². The Morgan fingerprint density at radius 3 is 2.65 bits per heavy atom. The van der Waals surface area contributed by atoms with Crippen LogP contribution in [0.4, 0.5) is 0 Å². The minimum atomic E-state index is -0.512. The lowest BCUT2D eigenvalue weighted by Gasteiger charge is -2.29. The van der Waals surface area contributed by atoms with E-state index >= 15 is 0 Å². The van der Waals surface area contributed by atoms with Crippen LogP contribution in [0.25, 0.3) is 0 Å². The monoisotopic (exact) mass is 289 g/mol. The average Bonchev–Trinajstić information content (AvgIpc) is 2.44. The standard InChI is InChI=1S/C15H31NO4/c1-12-5-3-4-6-15(12)20-11-14(18)9-16-13(7-8-17)10-19-2/h12-18H,3-11H2,1-2H3. The van der Waals surface area contributed by atoms with Gasteiger partial charge < -0.3 is 25.0 Å². The number of aliphatic hydroxyl groups is 2. The van der Waals surface area contributed by atoms with Crippen LogP contribution in [0.15, 0.2) is 0 Å². The first-order valence-corrected chi connectivity index (χ1v) is 7.80. The lowest BCUT2D eigenvalue weighted by atomic mass is 9.88. The van der Waals surface area contributed by atoms with E-state index in [9.17, 15) is 5.11 Å². The molecule has 4 unspecified atom stereocenters. The van der Waals surface area contributed by atoms with E-state index in [1.54, 1.807) is 7.11 Å². The van der Waals surface area contributed by atoms with Crippen molar-refractivity contribution in [2.75, 3.05) is 33.5 Å². The second-order valence-corrected chi connectivity index (χ2v) is 5.86. The van der Waals surface area contributed by atoms with Crippen molar-refractivity contribution >= 4 is 0 Å². The van der Waals surface area contributed by atoms with Crippen molar-refractivity contribution in [1.82, 2.24) is 5.32 Å². The van der Waals surface area contributed by atoms with Crippen molar-refractivity contribution in [3.63, 3.8) is 0 Å². The maximum atomic E-state index is 9.96. The zero-order chi connectivity index (χ0) is 14.8. The first kappa shape index (κ1) is 17.9. The van der Waals surface area contributed by atoms with Crippen molar-refractivity contribution in [2.24, 2.45) is 5.92 Å². The van der Waals surface area contributed by atoms with Gasteiger partial charge in [-0.05, 0) is 25.2 Å². The molecule has 0 amide bonds. The minimum Gasteiger partial charge on any atom is -0.396 e. The van der Waals surface area contributed by atoms with E-state index in [0.29, 0.717) is 38.2 Å². The summed E-state index contributed by atoms with van der Waals surface area (Å²) < 4.78 is 10.9. The molecular weight excluding hydrogens is 258 g/mol. The maximum absolute atomic E-state index is 9.96. The summed E-state index contributed by atoms with van der Waals surface area (Å²) in [6.45, 7) is 3.72. The smallest absolute Gasteiger partial charge is 0.0897 e. The predicted octanol–water partition coefficient (Wildman–Crippen LogP) is 0.930. The Kier molecular flexibility index (Phi) is 9.39. The molecule has 1 aliphatic rings. The maximum Gasteiger partial charge on any atom is 0.0897 e. The highest BCUT2D eigenvalue weighted by molar-refractivity contribution is 4.74. The molecule has 5 nitrogen and oxygen atoms in total. The largest absolute Gasteiger partial charge is 0.396 e. The number of rotatable bonds is 10. The van der Waals surface area contributed by atoms with Gasteiger partial charge in [-0.1, -0.05) is 19.8 Å². The second-order valence-electron chi connectivity index (χ2n) is 5.86. The van der Waals surface area contributed by atoms with Crippen LogP contribution in [-0.2, 0) is 9.47 Å². The molecule has 5 heteroatoms. The van der Waals surface area contributed by atoms with Gasteiger partial charge in [0.2, 0.25) is 0 Å². The minimum absolute atomic E-state index is 0.0771. The molecule has 0 aromatic heterocycles. The highest BCUT2D eigenvalue weighted by Crippen LogP contribution is 2.26. The molecule has 0 saturated heterocycles. The summed E-state index contributed by atoms with van der Waals surface area (Å²) in [4.78, 5) is 0. The third kappa shape index (κ3) is 6.99. The van der Waals surface area contributed by atoms with E-state index < -0.39 is 6.10 Å². The molecule has 0 bridgehead atoms. The van der Waals surface area contributed by atoms with Gasteiger partial charge >= 0.3 is 0 Å². The molecule has 1 fully saturated rings. The molecule has 3 N–H and O–H groups in total. The Balaban J connectivity index is 2.16. The van der Waals surface area contributed by atoms with E-state index in [4.69, 9.17) is 14.6 Å². The normalized spacial score (nSPS) is 26.4. The first-order valence-electron chi connectivity index (χ1n) is 7.80. The van der Waals surface area contributed by atoms with Gasteiger partial charge in [-0.15, -0.1) is 0 Å². The Morgan fingerprint density at radius 2 is 2.00 bits per heavy atom. The van der Waals surface area contributed by atoms with Gasteiger partial charge in [0.15, 0.2) is 0 Å². The summed E-state index contributed by atoms with van der Waals surface area (Å²) in [6, 6.07) is 0.0771. The zero-order valence-electron chi connectivity index (χ0n) is 12.9. The zero-order valence-corrected chi connectivity index (χ0v) is 12.9. The van der Waals surface area contributed by atoms with Crippen molar-refractivity contribution in [2.45, 2.75) is 57.3 Å². The Labute approximate surface area is 122 Å². The fourth-order valence-electron chi connectivity index (χ4n) is 2.73. The number of nitrogens with one attached hydrogen (secondary N) is 1. The molecule has 1 aliphatic carbocycles. The van der Waals surface area contributed by atoms with Gasteiger partial charge in [0.05, 0.1) is 25.4 Å². The number of hydrogen-bond acceptors (Lipinski definition) is 5. The van der Waals surface area contributed by atoms with E-state index in [1.165, 1.54) is 19.3 Å². The number of methoxy groups -OCH3 is 1. The Morgan fingerprint density at radius 1 is 1.25 bits per heavy atom. The summed E-state index contributed by atoms with van der Waals surface area (Å²) in [5.41, 5.74) is 0. The molecule has 1 saturated carbocycles. The van der Waals surface area contributed by atoms with Gasteiger partial charge in [0.1, 0.15) is 0 Å². The molecule has 4 atom stereocenters. The Bertz CT molecular complexity index is 234. The molecule has 0 aliphatic heterocycles. The first-order chi connectivity index (χ1) is 9.67. The molecule has 0 spiro atoms. The lowest BCUT2D eigenvalue weighted by Crippen LogP contribution is -2.41. The van der Waals surface area contributed by atoms with Crippen LogP contribution in [-0.4, -0.2) is 61.9 Å². The fourth-order valence-corrected chi connectivity index (χ4v) is 2.73.